The fourth-order valence-electron chi connectivity index (χ4n) is 5.24. The van der Waals surface area contributed by atoms with Crippen molar-refractivity contribution in [2.45, 2.75) is 25.2 Å². The number of piperazine rings is 1. The number of hydrogen-bond acceptors (Lipinski definition) is 8. The Kier molecular flexibility index (Phi) is 7.70. The SMILES string of the molecule is N#Cc1ccc(N2CCN(C(=O)CCNCC3c4ccccc4CN3c3cn[nH]c(=O)c3C(F)(F)F)CC2)nc1. The number of halogens is 3. The largest absolute Gasteiger partial charge is 0.423 e. The molecule has 0 bridgehead atoms. The van der Waals surface area contributed by atoms with E-state index in [-0.39, 0.29) is 31.1 Å². The van der Waals surface area contributed by atoms with E-state index in [0.717, 1.165) is 23.1 Å². The third-order valence-electron chi connectivity index (χ3n) is 7.25. The molecule has 0 saturated carbocycles. The summed E-state index contributed by atoms with van der Waals surface area (Å²) < 4.78 is 41.4. The van der Waals surface area contributed by atoms with Crippen molar-refractivity contribution in [2.24, 2.45) is 0 Å². The summed E-state index contributed by atoms with van der Waals surface area (Å²) in [5.74, 6) is 0.750. The van der Waals surface area contributed by atoms with E-state index in [9.17, 15) is 22.8 Å². The Morgan fingerprint density at radius 1 is 1.12 bits per heavy atom. The van der Waals surface area contributed by atoms with Crippen molar-refractivity contribution in [3.63, 3.8) is 0 Å². The number of rotatable bonds is 7. The summed E-state index contributed by atoms with van der Waals surface area (Å²) >= 11 is 0. The monoisotopic (exact) mass is 552 g/mol. The maximum atomic E-state index is 13.8. The van der Waals surface area contributed by atoms with Gasteiger partial charge in [0.1, 0.15) is 17.5 Å². The highest BCUT2D eigenvalue weighted by molar-refractivity contribution is 5.76. The summed E-state index contributed by atoms with van der Waals surface area (Å²) in [6.07, 6.45) is -2.03. The van der Waals surface area contributed by atoms with Crippen LogP contribution in [-0.4, -0.2) is 65.3 Å². The number of pyridine rings is 1. The number of anilines is 2. The molecule has 0 spiro atoms. The Morgan fingerprint density at radius 2 is 1.90 bits per heavy atom. The lowest BCUT2D eigenvalue weighted by Crippen LogP contribution is -2.49. The zero-order chi connectivity index (χ0) is 28.3. The fourth-order valence-corrected chi connectivity index (χ4v) is 5.24. The minimum atomic E-state index is -4.84. The molecule has 1 fully saturated rings. The van der Waals surface area contributed by atoms with Crippen LogP contribution in [0.25, 0.3) is 0 Å². The van der Waals surface area contributed by atoms with Gasteiger partial charge >= 0.3 is 6.18 Å². The molecule has 1 atom stereocenters. The van der Waals surface area contributed by atoms with Crippen LogP contribution in [0, 0.1) is 11.3 Å². The minimum Gasteiger partial charge on any atom is -0.357 e. The molecule has 0 aliphatic carbocycles. The molecule has 2 aromatic heterocycles. The zero-order valence-electron chi connectivity index (χ0n) is 21.5. The number of H-pyrrole nitrogens is 1. The second-order valence-corrected chi connectivity index (χ2v) is 9.64. The molecule has 40 heavy (non-hydrogen) atoms. The second-order valence-electron chi connectivity index (χ2n) is 9.64. The van der Waals surface area contributed by atoms with Gasteiger partial charge in [-0.2, -0.15) is 23.5 Å². The van der Waals surface area contributed by atoms with Crippen LogP contribution in [0.15, 0.2) is 53.6 Å². The molecule has 3 aromatic rings. The standard InChI is InChI=1S/C27H27F3N8O2/c28-27(29,30)25-22(16-34-35-26(25)40)38-17-19-3-1-2-4-20(19)21(38)15-32-8-7-24(39)37-11-9-36(10-12-37)23-6-5-18(13-31)14-33-23/h1-6,14,16,21,32H,7-12,15,17H2,(H,35,40). The van der Waals surface area contributed by atoms with Crippen molar-refractivity contribution in [3.8, 4) is 6.07 Å². The Balaban J connectivity index is 1.18. The van der Waals surface area contributed by atoms with Crippen LogP contribution in [-0.2, 0) is 17.5 Å². The number of hydrogen-bond donors (Lipinski definition) is 2. The molecule has 2 aliphatic heterocycles. The minimum absolute atomic E-state index is 0.0123. The number of fused-ring (bicyclic) bond motifs is 1. The molecule has 4 heterocycles. The van der Waals surface area contributed by atoms with Gasteiger partial charge in [-0.15, -0.1) is 0 Å². The molecule has 208 valence electrons. The van der Waals surface area contributed by atoms with Crippen molar-refractivity contribution in [1.29, 1.82) is 5.26 Å². The number of nitrogens with one attached hydrogen (secondary N) is 2. The normalized spacial score (nSPS) is 17.1. The highest BCUT2D eigenvalue weighted by Crippen LogP contribution is 2.41. The highest BCUT2D eigenvalue weighted by atomic mass is 19.4. The summed E-state index contributed by atoms with van der Waals surface area (Å²) in [4.78, 5) is 34.6. The lowest BCUT2D eigenvalue weighted by Gasteiger charge is -2.35. The first-order valence-corrected chi connectivity index (χ1v) is 12.8. The van der Waals surface area contributed by atoms with Crippen LogP contribution in [0.5, 0.6) is 0 Å². The fraction of sp³-hybridized carbons (Fsp3) is 0.370. The van der Waals surface area contributed by atoms with Crippen molar-refractivity contribution >= 4 is 17.4 Å². The van der Waals surface area contributed by atoms with Gasteiger partial charge in [0.25, 0.3) is 5.56 Å². The zero-order valence-corrected chi connectivity index (χ0v) is 21.5. The summed E-state index contributed by atoms with van der Waals surface area (Å²) in [5.41, 5.74) is -0.607. The molecule has 0 radical (unpaired) electrons. The van der Waals surface area contributed by atoms with E-state index < -0.39 is 23.3 Å². The quantitative estimate of drug-likeness (QED) is 0.429. The van der Waals surface area contributed by atoms with Crippen LogP contribution in [0.2, 0.25) is 0 Å². The summed E-state index contributed by atoms with van der Waals surface area (Å²) in [6, 6.07) is 12.4. The Bertz CT molecular complexity index is 1460. The first kappa shape index (κ1) is 27.1. The van der Waals surface area contributed by atoms with E-state index in [2.05, 4.69) is 20.3 Å². The molecular formula is C27H27F3N8O2. The number of benzene rings is 1. The number of aromatic amines is 1. The summed E-state index contributed by atoms with van der Waals surface area (Å²) in [6.45, 7) is 3.17. The van der Waals surface area contributed by atoms with Crippen molar-refractivity contribution in [2.75, 3.05) is 49.1 Å². The van der Waals surface area contributed by atoms with Crippen LogP contribution in [0.1, 0.15) is 34.7 Å². The van der Waals surface area contributed by atoms with E-state index in [1.54, 1.807) is 21.9 Å². The molecule has 1 unspecified atom stereocenters. The molecule has 1 aromatic carbocycles. The number of carbonyl (C=O) groups is 1. The lowest BCUT2D eigenvalue weighted by atomic mass is 10.0. The van der Waals surface area contributed by atoms with Gasteiger partial charge in [-0.1, -0.05) is 24.3 Å². The molecule has 1 saturated heterocycles. The summed E-state index contributed by atoms with van der Waals surface area (Å²) in [7, 11) is 0. The van der Waals surface area contributed by atoms with Gasteiger partial charge in [0.05, 0.1) is 23.5 Å². The number of aromatic nitrogens is 3. The number of alkyl halides is 3. The number of amides is 1. The van der Waals surface area contributed by atoms with Crippen LogP contribution < -0.4 is 20.7 Å². The van der Waals surface area contributed by atoms with Crippen molar-refractivity contribution in [1.82, 2.24) is 25.4 Å². The predicted octanol–water partition coefficient (Wildman–Crippen LogP) is 2.45. The van der Waals surface area contributed by atoms with E-state index in [4.69, 9.17) is 5.26 Å². The molecule has 10 nitrogen and oxygen atoms in total. The van der Waals surface area contributed by atoms with Gasteiger partial charge in [-0.3, -0.25) is 9.59 Å². The Hall–Kier alpha value is -4.44. The number of nitrogens with zero attached hydrogens (tertiary/aromatic N) is 6. The van der Waals surface area contributed by atoms with Gasteiger partial charge in [-0.25, -0.2) is 10.1 Å². The van der Waals surface area contributed by atoms with Crippen LogP contribution in [0.3, 0.4) is 0 Å². The average Bonchev–Trinajstić information content (AvgIpc) is 3.33. The third-order valence-corrected chi connectivity index (χ3v) is 7.25. The van der Waals surface area contributed by atoms with E-state index in [1.165, 1.54) is 6.20 Å². The van der Waals surface area contributed by atoms with Crippen LogP contribution >= 0.6 is 0 Å². The first-order valence-electron chi connectivity index (χ1n) is 12.8. The molecule has 13 heteroatoms. The van der Waals surface area contributed by atoms with Gasteiger partial charge in [0.15, 0.2) is 0 Å². The highest BCUT2D eigenvalue weighted by Gasteiger charge is 2.41. The Morgan fingerprint density at radius 3 is 2.60 bits per heavy atom. The van der Waals surface area contributed by atoms with Crippen molar-refractivity contribution < 1.29 is 18.0 Å². The average molecular weight is 553 g/mol. The van der Waals surface area contributed by atoms with Crippen LogP contribution in [0.4, 0.5) is 24.7 Å². The maximum absolute atomic E-state index is 13.8. The predicted molar refractivity (Wildman–Crippen MR) is 140 cm³/mol. The van der Waals surface area contributed by atoms with Gasteiger partial charge in [-0.05, 0) is 23.3 Å². The molecule has 1 amide bonds. The number of nitriles is 1. The molecule has 2 aliphatic rings. The lowest BCUT2D eigenvalue weighted by molar-refractivity contribution is -0.138. The Labute approximate surface area is 228 Å². The third kappa shape index (κ3) is 5.62. The van der Waals surface area contributed by atoms with Gasteiger partial charge in [0, 0.05) is 58.4 Å². The topological polar surface area (TPSA) is 121 Å². The molecule has 2 N–H and O–H groups in total. The van der Waals surface area contributed by atoms with E-state index >= 15 is 0 Å². The molecule has 5 rings (SSSR count). The van der Waals surface area contributed by atoms with E-state index in [1.807, 2.05) is 35.4 Å². The van der Waals surface area contributed by atoms with Gasteiger partial charge in [0.2, 0.25) is 5.91 Å². The number of carbonyl (C=O) groups excluding carboxylic acids is 1. The van der Waals surface area contributed by atoms with E-state index in [0.29, 0.717) is 38.3 Å². The van der Waals surface area contributed by atoms with Crippen molar-refractivity contribution in [3.05, 3.63) is 81.4 Å². The maximum Gasteiger partial charge on any atom is 0.423 e. The first-order chi connectivity index (χ1) is 19.3. The summed E-state index contributed by atoms with van der Waals surface area (Å²) in [5, 5.41) is 17.7. The smallest absolute Gasteiger partial charge is 0.357 e. The second kappa shape index (κ2) is 11.4. The van der Waals surface area contributed by atoms with Gasteiger partial charge < -0.3 is 20.0 Å². The molecular weight excluding hydrogens is 525 g/mol.